The summed E-state index contributed by atoms with van der Waals surface area (Å²) in [5.74, 6) is -0.354. The summed E-state index contributed by atoms with van der Waals surface area (Å²) < 4.78 is 11.0. The lowest BCUT2D eigenvalue weighted by molar-refractivity contribution is -0.0865. The lowest BCUT2D eigenvalue weighted by Crippen LogP contribution is -2.42. The minimum absolute atomic E-state index is 0.00680. The van der Waals surface area contributed by atoms with Gasteiger partial charge < -0.3 is 14.5 Å². The minimum Gasteiger partial charge on any atom is -0.464 e. The number of nitrogens with one attached hydrogen (secondary N) is 1. The predicted octanol–water partition coefficient (Wildman–Crippen LogP) is 3.09. The van der Waals surface area contributed by atoms with Gasteiger partial charge in [0.2, 0.25) is 0 Å². The molecule has 1 N–H and O–H groups in total. The maximum absolute atomic E-state index is 11.8. The number of hydrogen-bond donors (Lipinski definition) is 1. The van der Waals surface area contributed by atoms with Crippen molar-refractivity contribution in [3.05, 3.63) is 28.6 Å². The van der Waals surface area contributed by atoms with Gasteiger partial charge in [-0.2, -0.15) is 0 Å². The summed E-state index contributed by atoms with van der Waals surface area (Å²) in [4.78, 5) is 19.6. The number of carbonyl (C=O) groups excluding carboxylic acids is 1. The molecule has 3 heterocycles. The van der Waals surface area contributed by atoms with Crippen LogP contribution in [0, 0.1) is 6.92 Å². The van der Waals surface area contributed by atoms with Gasteiger partial charge in [-0.05, 0) is 56.2 Å². The number of ether oxygens (including phenoxy) is 2. The fourth-order valence-corrected chi connectivity index (χ4v) is 4.06. The van der Waals surface area contributed by atoms with Gasteiger partial charge in [0.25, 0.3) is 0 Å². The van der Waals surface area contributed by atoms with Crippen molar-refractivity contribution in [3.8, 4) is 0 Å². The molecule has 2 aromatic heterocycles. The summed E-state index contributed by atoms with van der Waals surface area (Å²) >= 11 is 0. The molecule has 2 aromatic rings. The smallest absolute Gasteiger partial charge is 0.354 e. The Kier molecular flexibility index (Phi) is 3.41. The van der Waals surface area contributed by atoms with Gasteiger partial charge in [-0.25, -0.2) is 9.78 Å². The molecule has 1 saturated heterocycles. The molecule has 2 aliphatic rings. The third kappa shape index (κ3) is 2.34. The van der Waals surface area contributed by atoms with E-state index >= 15 is 0 Å². The molecule has 1 unspecified atom stereocenters. The highest BCUT2D eigenvalue weighted by atomic mass is 16.5. The lowest BCUT2D eigenvalue weighted by Gasteiger charge is -2.41. The highest BCUT2D eigenvalue weighted by molar-refractivity contribution is 5.95. The average Bonchev–Trinajstić information content (AvgIpc) is 3.00. The van der Waals surface area contributed by atoms with Crippen molar-refractivity contribution in [3.63, 3.8) is 0 Å². The van der Waals surface area contributed by atoms with Crippen molar-refractivity contribution in [1.82, 2.24) is 9.97 Å². The number of carbonyl (C=O) groups is 1. The maximum Gasteiger partial charge on any atom is 0.354 e. The summed E-state index contributed by atoms with van der Waals surface area (Å²) in [6.45, 7) is 3.00. The molecule has 1 spiro atoms. The zero-order valence-electron chi connectivity index (χ0n) is 13.7. The number of hydrogen-bond acceptors (Lipinski definition) is 4. The van der Waals surface area contributed by atoms with E-state index in [9.17, 15) is 4.79 Å². The normalized spacial score (nSPS) is 23.9. The zero-order valence-corrected chi connectivity index (χ0v) is 13.7. The van der Waals surface area contributed by atoms with Crippen LogP contribution in [0.2, 0.25) is 0 Å². The lowest BCUT2D eigenvalue weighted by atomic mass is 9.77. The van der Waals surface area contributed by atoms with Gasteiger partial charge in [-0.15, -0.1) is 0 Å². The number of aryl methyl sites for hydroxylation is 2. The van der Waals surface area contributed by atoms with Crippen LogP contribution in [-0.2, 0) is 22.3 Å². The monoisotopic (exact) mass is 314 g/mol. The summed E-state index contributed by atoms with van der Waals surface area (Å²) in [7, 11) is 1.39. The second kappa shape index (κ2) is 5.34. The molecule has 5 heteroatoms. The zero-order chi connectivity index (χ0) is 16.0. The molecule has 1 fully saturated rings. The average molecular weight is 314 g/mol. The first-order chi connectivity index (χ1) is 11.1. The van der Waals surface area contributed by atoms with Gasteiger partial charge in [0, 0.05) is 24.1 Å². The van der Waals surface area contributed by atoms with Crippen LogP contribution in [0.5, 0.6) is 0 Å². The number of fused-ring (bicyclic) bond motifs is 2. The molecular formula is C18H22N2O3. The van der Waals surface area contributed by atoms with Crippen molar-refractivity contribution in [2.75, 3.05) is 13.7 Å². The SMILES string of the molecule is COC(=O)c1cc2c(C)c3c(nc2[nH]1)CCC1(CCCCO1)C3. The largest absolute Gasteiger partial charge is 0.464 e. The quantitative estimate of drug-likeness (QED) is 0.822. The molecule has 0 bridgehead atoms. The molecule has 122 valence electrons. The minimum atomic E-state index is -0.354. The number of H-pyrrole nitrogens is 1. The van der Waals surface area contributed by atoms with E-state index in [0.717, 1.165) is 49.0 Å². The van der Waals surface area contributed by atoms with Crippen LogP contribution in [0.3, 0.4) is 0 Å². The number of rotatable bonds is 1. The van der Waals surface area contributed by atoms with Gasteiger partial charge >= 0.3 is 5.97 Å². The van der Waals surface area contributed by atoms with Crippen LogP contribution < -0.4 is 0 Å². The van der Waals surface area contributed by atoms with Crippen molar-refractivity contribution in [2.24, 2.45) is 0 Å². The predicted molar refractivity (Wildman–Crippen MR) is 86.7 cm³/mol. The van der Waals surface area contributed by atoms with Crippen LogP contribution in [-0.4, -0.2) is 35.3 Å². The summed E-state index contributed by atoms with van der Waals surface area (Å²) in [5.41, 5.74) is 4.91. The first-order valence-electron chi connectivity index (χ1n) is 8.35. The Labute approximate surface area is 135 Å². The Bertz CT molecular complexity index is 772. The first kappa shape index (κ1) is 14.7. The van der Waals surface area contributed by atoms with Crippen molar-refractivity contribution in [1.29, 1.82) is 0 Å². The Hall–Kier alpha value is -1.88. The van der Waals surface area contributed by atoms with Gasteiger partial charge in [0.15, 0.2) is 0 Å². The van der Waals surface area contributed by atoms with E-state index in [1.807, 2.05) is 6.07 Å². The Balaban J connectivity index is 1.78. The van der Waals surface area contributed by atoms with E-state index in [1.165, 1.54) is 31.1 Å². The van der Waals surface area contributed by atoms with Gasteiger partial charge in [-0.1, -0.05) is 0 Å². The third-order valence-electron chi connectivity index (χ3n) is 5.41. The van der Waals surface area contributed by atoms with E-state index in [0.29, 0.717) is 5.69 Å². The van der Waals surface area contributed by atoms with Crippen LogP contribution in [0.15, 0.2) is 6.07 Å². The van der Waals surface area contributed by atoms with E-state index in [4.69, 9.17) is 14.5 Å². The standard InChI is InChI=1S/C18H22N2O3/c1-11-12-9-15(17(21)22-2)20-16(12)19-14-5-7-18(10-13(11)14)6-3-4-8-23-18/h9H,3-8,10H2,1-2H3,(H,19,20). The first-order valence-corrected chi connectivity index (χ1v) is 8.35. The van der Waals surface area contributed by atoms with Crippen LogP contribution in [0.25, 0.3) is 11.0 Å². The number of methoxy groups -OCH3 is 1. The van der Waals surface area contributed by atoms with Gasteiger partial charge in [0.1, 0.15) is 11.3 Å². The van der Waals surface area contributed by atoms with E-state index in [-0.39, 0.29) is 11.6 Å². The molecular weight excluding hydrogens is 292 g/mol. The molecule has 1 atom stereocenters. The van der Waals surface area contributed by atoms with Crippen LogP contribution in [0.4, 0.5) is 0 Å². The molecule has 0 radical (unpaired) electrons. The van der Waals surface area contributed by atoms with Crippen LogP contribution >= 0.6 is 0 Å². The molecule has 0 amide bonds. The number of nitrogens with zero attached hydrogens (tertiary/aromatic N) is 1. The van der Waals surface area contributed by atoms with Gasteiger partial charge in [0.05, 0.1) is 12.7 Å². The number of pyridine rings is 1. The second-order valence-electron chi connectivity index (χ2n) is 6.76. The molecule has 23 heavy (non-hydrogen) atoms. The Morgan fingerprint density at radius 1 is 1.39 bits per heavy atom. The fraction of sp³-hybridized carbons (Fsp3) is 0.556. The molecule has 5 nitrogen and oxygen atoms in total. The summed E-state index contributed by atoms with van der Waals surface area (Å²) in [6.07, 6.45) is 6.49. The van der Waals surface area contributed by atoms with Crippen molar-refractivity contribution < 1.29 is 14.3 Å². The number of aromatic nitrogens is 2. The van der Waals surface area contributed by atoms with Crippen molar-refractivity contribution >= 4 is 17.0 Å². The van der Waals surface area contributed by atoms with E-state index < -0.39 is 0 Å². The van der Waals surface area contributed by atoms with E-state index in [1.54, 1.807) is 0 Å². The third-order valence-corrected chi connectivity index (χ3v) is 5.41. The number of aromatic amines is 1. The summed E-state index contributed by atoms with van der Waals surface area (Å²) in [6, 6.07) is 1.85. The van der Waals surface area contributed by atoms with Gasteiger partial charge in [-0.3, -0.25) is 0 Å². The number of esters is 1. The molecule has 1 aliphatic heterocycles. The highest BCUT2D eigenvalue weighted by Crippen LogP contribution is 2.39. The maximum atomic E-state index is 11.8. The second-order valence-corrected chi connectivity index (χ2v) is 6.76. The van der Waals surface area contributed by atoms with Crippen molar-refractivity contribution in [2.45, 2.75) is 51.0 Å². The Morgan fingerprint density at radius 2 is 2.26 bits per heavy atom. The molecule has 0 saturated carbocycles. The van der Waals surface area contributed by atoms with E-state index in [2.05, 4.69) is 11.9 Å². The molecule has 4 rings (SSSR count). The Morgan fingerprint density at radius 3 is 3.00 bits per heavy atom. The summed E-state index contributed by atoms with van der Waals surface area (Å²) in [5, 5.41) is 1.01. The molecule has 1 aliphatic carbocycles. The fourth-order valence-electron chi connectivity index (χ4n) is 4.06. The highest BCUT2D eigenvalue weighted by Gasteiger charge is 2.38. The molecule has 0 aromatic carbocycles. The van der Waals surface area contributed by atoms with Crippen LogP contribution in [0.1, 0.15) is 53.0 Å². The topological polar surface area (TPSA) is 64.2 Å².